The van der Waals surface area contributed by atoms with Crippen LogP contribution >= 0.6 is 0 Å². The molecule has 0 unspecified atom stereocenters. The van der Waals surface area contributed by atoms with E-state index in [9.17, 15) is 14.0 Å². The number of amides is 2. The van der Waals surface area contributed by atoms with Gasteiger partial charge in [0.05, 0.1) is 18.1 Å². The zero-order chi connectivity index (χ0) is 18.5. The van der Waals surface area contributed by atoms with Gasteiger partial charge in [0.15, 0.2) is 0 Å². The SMILES string of the molecule is COc1ccc2c(c1)[C@]1(CCN(C(=O)c3ccccc3F)C1)C(=O)N2C. The summed E-state index contributed by atoms with van der Waals surface area (Å²) in [6.45, 7) is 0.646. The minimum atomic E-state index is -0.792. The van der Waals surface area contributed by atoms with E-state index in [-0.39, 0.29) is 23.9 Å². The molecule has 26 heavy (non-hydrogen) atoms. The highest BCUT2D eigenvalue weighted by atomic mass is 19.1. The standard InChI is InChI=1S/C20H19FN2O3/c1-22-17-8-7-13(26-2)11-15(17)20(19(22)25)9-10-23(12-20)18(24)14-5-3-4-6-16(14)21/h3-8,11H,9-10,12H2,1-2H3/t20-/m1/s1. The van der Waals surface area contributed by atoms with Crippen molar-refractivity contribution in [2.75, 3.05) is 32.1 Å². The van der Waals surface area contributed by atoms with Crippen LogP contribution in [0.1, 0.15) is 22.3 Å². The first-order chi connectivity index (χ1) is 12.5. The summed E-state index contributed by atoms with van der Waals surface area (Å²) >= 11 is 0. The predicted octanol–water partition coefficient (Wildman–Crippen LogP) is 2.59. The average molecular weight is 354 g/mol. The Bertz CT molecular complexity index is 914. The molecule has 0 bridgehead atoms. The van der Waals surface area contributed by atoms with Gasteiger partial charge in [-0.05, 0) is 42.3 Å². The summed E-state index contributed by atoms with van der Waals surface area (Å²) in [5.41, 5.74) is 0.942. The molecule has 2 aromatic rings. The van der Waals surface area contributed by atoms with Gasteiger partial charge in [0.1, 0.15) is 11.6 Å². The fourth-order valence-electron chi connectivity index (χ4n) is 4.05. The van der Waals surface area contributed by atoms with Crippen LogP contribution in [0.5, 0.6) is 5.75 Å². The number of likely N-dealkylation sites (tertiary alicyclic amines) is 1. The van der Waals surface area contributed by atoms with Gasteiger partial charge in [-0.25, -0.2) is 4.39 Å². The molecule has 0 saturated carbocycles. The third-order valence-electron chi connectivity index (χ3n) is 5.46. The minimum Gasteiger partial charge on any atom is -0.497 e. The van der Waals surface area contributed by atoms with Crippen LogP contribution in [-0.2, 0) is 10.2 Å². The molecule has 4 rings (SSSR count). The smallest absolute Gasteiger partial charge is 0.256 e. The maximum atomic E-state index is 14.0. The van der Waals surface area contributed by atoms with Gasteiger partial charge in [-0.1, -0.05) is 12.1 Å². The van der Waals surface area contributed by atoms with E-state index in [0.717, 1.165) is 11.3 Å². The van der Waals surface area contributed by atoms with Crippen LogP contribution in [0.15, 0.2) is 42.5 Å². The monoisotopic (exact) mass is 354 g/mol. The van der Waals surface area contributed by atoms with Crippen molar-refractivity contribution in [2.24, 2.45) is 0 Å². The molecule has 2 heterocycles. The summed E-state index contributed by atoms with van der Waals surface area (Å²) < 4.78 is 19.3. The first-order valence-corrected chi connectivity index (χ1v) is 8.48. The number of carbonyl (C=O) groups excluding carboxylic acids is 2. The molecule has 0 aromatic heterocycles. The molecule has 0 radical (unpaired) electrons. The Morgan fingerprint density at radius 1 is 1.23 bits per heavy atom. The Hall–Kier alpha value is -2.89. The van der Waals surface area contributed by atoms with E-state index in [4.69, 9.17) is 4.74 Å². The van der Waals surface area contributed by atoms with Crippen LogP contribution in [0.2, 0.25) is 0 Å². The number of likely N-dealkylation sites (N-methyl/N-ethyl adjacent to an activating group) is 1. The van der Waals surface area contributed by atoms with Gasteiger partial charge >= 0.3 is 0 Å². The summed E-state index contributed by atoms with van der Waals surface area (Å²) in [5, 5.41) is 0. The lowest BCUT2D eigenvalue weighted by Gasteiger charge is -2.23. The first kappa shape index (κ1) is 16.6. The maximum Gasteiger partial charge on any atom is 0.256 e. The largest absolute Gasteiger partial charge is 0.497 e. The number of ether oxygens (including phenoxy) is 1. The Morgan fingerprint density at radius 3 is 2.73 bits per heavy atom. The molecule has 2 amide bonds. The molecule has 0 N–H and O–H groups in total. The highest BCUT2D eigenvalue weighted by Crippen LogP contribution is 2.48. The van der Waals surface area contributed by atoms with Gasteiger partial charge in [-0.15, -0.1) is 0 Å². The van der Waals surface area contributed by atoms with Crippen molar-refractivity contribution in [3.63, 3.8) is 0 Å². The molecular formula is C20H19FN2O3. The molecule has 6 heteroatoms. The number of nitrogens with zero attached hydrogens (tertiary/aromatic N) is 2. The van der Waals surface area contributed by atoms with Crippen molar-refractivity contribution in [1.82, 2.24) is 4.90 Å². The van der Waals surface area contributed by atoms with Crippen LogP contribution in [0.4, 0.5) is 10.1 Å². The zero-order valence-electron chi connectivity index (χ0n) is 14.7. The number of methoxy groups -OCH3 is 1. The molecular weight excluding hydrogens is 335 g/mol. The highest BCUT2D eigenvalue weighted by molar-refractivity contribution is 6.09. The van der Waals surface area contributed by atoms with Gasteiger partial charge in [-0.3, -0.25) is 9.59 Å². The fourth-order valence-corrected chi connectivity index (χ4v) is 4.05. The summed E-state index contributed by atoms with van der Waals surface area (Å²) in [4.78, 5) is 29.0. The Balaban J connectivity index is 1.71. The molecule has 0 aliphatic carbocycles. The van der Waals surface area contributed by atoms with Crippen LogP contribution in [-0.4, -0.2) is 44.0 Å². The molecule has 5 nitrogen and oxygen atoms in total. The highest BCUT2D eigenvalue weighted by Gasteiger charge is 2.54. The van der Waals surface area contributed by atoms with E-state index in [1.54, 1.807) is 36.1 Å². The number of hydrogen-bond acceptors (Lipinski definition) is 3. The quantitative estimate of drug-likeness (QED) is 0.833. The van der Waals surface area contributed by atoms with E-state index in [1.807, 2.05) is 18.2 Å². The second-order valence-electron chi connectivity index (χ2n) is 6.79. The number of anilines is 1. The number of halogens is 1. The van der Waals surface area contributed by atoms with Gasteiger partial charge in [0.25, 0.3) is 5.91 Å². The Kier molecular flexibility index (Phi) is 3.72. The second kappa shape index (κ2) is 5.83. The molecule has 2 aliphatic rings. The lowest BCUT2D eigenvalue weighted by Crippen LogP contribution is -2.42. The van der Waals surface area contributed by atoms with Crippen LogP contribution < -0.4 is 9.64 Å². The van der Waals surface area contributed by atoms with Crippen LogP contribution in [0.3, 0.4) is 0 Å². The van der Waals surface area contributed by atoms with Crippen molar-refractivity contribution < 1.29 is 18.7 Å². The van der Waals surface area contributed by atoms with Gasteiger partial charge in [-0.2, -0.15) is 0 Å². The van der Waals surface area contributed by atoms with E-state index < -0.39 is 11.2 Å². The van der Waals surface area contributed by atoms with Crippen molar-refractivity contribution in [3.05, 3.63) is 59.4 Å². The topological polar surface area (TPSA) is 49.9 Å². The minimum absolute atomic E-state index is 0.0363. The van der Waals surface area contributed by atoms with Crippen LogP contribution in [0, 0.1) is 5.82 Å². The van der Waals surface area contributed by atoms with Gasteiger partial charge < -0.3 is 14.5 Å². The second-order valence-corrected chi connectivity index (χ2v) is 6.79. The predicted molar refractivity (Wildman–Crippen MR) is 95.0 cm³/mol. The lowest BCUT2D eigenvalue weighted by atomic mass is 9.81. The molecule has 2 aromatic carbocycles. The number of hydrogen-bond donors (Lipinski definition) is 0. The fraction of sp³-hybridized carbons (Fsp3) is 0.300. The summed E-state index contributed by atoms with van der Waals surface area (Å²) in [6, 6.07) is 11.5. The molecule has 2 aliphatic heterocycles. The van der Waals surface area contributed by atoms with Crippen molar-refractivity contribution in [2.45, 2.75) is 11.8 Å². The van der Waals surface area contributed by atoms with E-state index in [1.165, 1.54) is 12.1 Å². The van der Waals surface area contributed by atoms with E-state index in [2.05, 4.69) is 0 Å². The molecule has 1 saturated heterocycles. The average Bonchev–Trinajstić information content (AvgIpc) is 3.19. The lowest BCUT2D eigenvalue weighted by molar-refractivity contribution is -0.122. The maximum absolute atomic E-state index is 14.0. The summed E-state index contributed by atoms with van der Waals surface area (Å²) in [5.74, 6) is -0.295. The van der Waals surface area contributed by atoms with Gasteiger partial charge in [0.2, 0.25) is 5.91 Å². The molecule has 1 atom stereocenters. The number of rotatable bonds is 2. The third kappa shape index (κ3) is 2.21. The number of fused-ring (bicyclic) bond motifs is 2. The molecule has 1 spiro atoms. The van der Waals surface area contributed by atoms with Crippen molar-refractivity contribution in [3.8, 4) is 5.75 Å². The number of carbonyl (C=O) groups is 2. The zero-order valence-corrected chi connectivity index (χ0v) is 14.7. The van der Waals surface area contributed by atoms with Crippen molar-refractivity contribution >= 4 is 17.5 Å². The van der Waals surface area contributed by atoms with E-state index >= 15 is 0 Å². The summed E-state index contributed by atoms with van der Waals surface area (Å²) in [7, 11) is 3.32. The van der Waals surface area contributed by atoms with Crippen molar-refractivity contribution in [1.29, 1.82) is 0 Å². The Morgan fingerprint density at radius 2 is 2.00 bits per heavy atom. The normalized spacial score (nSPS) is 21.4. The van der Waals surface area contributed by atoms with Crippen LogP contribution in [0.25, 0.3) is 0 Å². The Labute approximate surface area is 151 Å². The molecule has 1 fully saturated rings. The third-order valence-corrected chi connectivity index (χ3v) is 5.46. The first-order valence-electron chi connectivity index (χ1n) is 8.48. The van der Waals surface area contributed by atoms with E-state index in [0.29, 0.717) is 18.7 Å². The number of benzene rings is 2. The summed E-state index contributed by atoms with van der Waals surface area (Å²) in [6.07, 6.45) is 0.510. The molecule has 134 valence electrons. The van der Waals surface area contributed by atoms with Gasteiger partial charge in [0, 0.05) is 25.8 Å².